The first-order chi connectivity index (χ1) is 17.4. The lowest BCUT2D eigenvalue weighted by Gasteiger charge is -2.40. The van der Waals surface area contributed by atoms with Gasteiger partial charge in [-0.3, -0.25) is 19.4 Å². The first-order valence-corrected chi connectivity index (χ1v) is 12.6. The van der Waals surface area contributed by atoms with Crippen LogP contribution < -0.4 is 5.32 Å². The molecule has 6 nitrogen and oxygen atoms in total. The van der Waals surface area contributed by atoms with Gasteiger partial charge in [-0.1, -0.05) is 78.9 Å². The van der Waals surface area contributed by atoms with Crippen LogP contribution in [0.1, 0.15) is 28.3 Å². The molecule has 0 spiro atoms. The van der Waals surface area contributed by atoms with Crippen LogP contribution in [0.15, 0.2) is 78.9 Å². The minimum Gasteiger partial charge on any atom is -0.339 e. The number of likely N-dealkylation sites (N-methyl/N-ethyl adjacent to an activating group) is 1. The summed E-state index contributed by atoms with van der Waals surface area (Å²) in [5.74, 6) is -0.0472. The summed E-state index contributed by atoms with van der Waals surface area (Å²) in [5.41, 5.74) is 5.44. The average molecular weight is 485 g/mol. The summed E-state index contributed by atoms with van der Waals surface area (Å²) in [4.78, 5) is 31.8. The standard InChI is InChI=1S/C30H36N4O2/c1-23-11-10-12-24(2)29(23)31-27(35)21-32(3)22-28(36)33-17-19-34(20-18-33)30(25-13-6-4-7-14-25)26-15-8-5-9-16-26/h4-16,30H,17-22H2,1-3H3,(H,31,35). The van der Waals surface area contributed by atoms with Gasteiger partial charge in [0.15, 0.2) is 0 Å². The Balaban J connectivity index is 1.31. The van der Waals surface area contributed by atoms with E-state index in [-0.39, 0.29) is 30.9 Å². The molecular formula is C30H36N4O2. The van der Waals surface area contributed by atoms with E-state index in [4.69, 9.17) is 0 Å². The van der Waals surface area contributed by atoms with Crippen LogP contribution in [0.3, 0.4) is 0 Å². The highest BCUT2D eigenvalue weighted by Crippen LogP contribution is 2.29. The second-order valence-electron chi connectivity index (χ2n) is 9.63. The Morgan fingerprint density at radius 2 is 1.31 bits per heavy atom. The highest BCUT2D eigenvalue weighted by atomic mass is 16.2. The van der Waals surface area contributed by atoms with Gasteiger partial charge in [-0.05, 0) is 43.1 Å². The Morgan fingerprint density at radius 1 is 0.778 bits per heavy atom. The molecule has 0 saturated carbocycles. The summed E-state index contributed by atoms with van der Waals surface area (Å²) in [5, 5.41) is 3.00. The van der Waals surface area contributed by atoms with Gasteiger partial charge in [0.25, 0.3) is 0 Å². The molecule has 2 amide bonds. The van der Waals surface area contributed by atoms with Crippen LogP contribution >= 0.6 is 0 Å². The fourth-order valence-electron chi connectivity index (χ4n) is 4.94. The summed E-state index contributed by atoms with van der Waals surface area (Å²) >= 11 is 0. The van der Waals surface area contributed by atoms with Gasteiger partial charge in [-0.25, -0.2) is 0 Å². The third-order valence-corrected chi connectivity index (χ3v) is 6.83. The van der Waals surface area contributed by atoms with Crippen molar-refractivity contribution in [2.45, 2.75) is 19.9 Å². The highest BCUT2D eigenvalue weighted by Gasteiger charge is 2.28. The number of amides is 2. The van der Waals surface area contributed by atoms with Crippen molar-refractivity contribution in [3.05, 3.63) is 101 Å². The van der Waals surface area contributed by atoms with E-state index in [0.29, 0.717) is 13.1 Å². The topological polar surface area (TPSA) is 55.9 Å². The van der Waals surface area contributed by atoms with Crippen LogP contribution in [0.5, 0.6) is 0 Å². The third-order valence-electron chi connectivity index (χ3n) is 6.83. The van der Waals surface area contributed by atoms with Gasteiger partial charge in [-0.2, -0.15) is 0 Å². The first kappa shape index (κ1) is 25.6. The van der Waals surface area contributed by atoms with Gasteiger partial charge in [0.05, 0.1) is 19.1 Å². The fourth-order valence-corrected chi connectivity index (χ4v) is 4.94. The van der Waals surface area contributed by atoms with E-state index in [1.165, 1.54) is 11.1 Å². The number of piperazine rings is 1. The number of hydrogen-bond donors (Lipinski definition) is 1. The molecular weight excluding hydrogens is 448 g/mol. The molecule has 188 valence electrons. The van der Waals surface area contributed by atoms with Crippen molar-refractivity contribution in [2.75, 3.05) is 51.6 Å². The van der Waals surface area contributed by atoms with Crippen molar-refractivity contribution in [1.29, 1.82) is 0 Å². The Hall–Kier alpha value is -3.48. The number of carbonyl (C=O) groups excluding carboxylic acids is 2. The van der Waals surface area contributed by atoms with Gasteiger partial charge >= 0.3 is 0 Å². The van der Waals surface area contributed by atoms with Crippen LogP contribution in [0.2, 0.25) is 0 Å². The number of rotatable bonds is 8. The molecule has 1 aliphatic rings. The molecule has 6 heteroatoms. The van der Waals surface area contributed by atoms with E-state index in [0.717, 1.165) is 29.9 Å². The number of nitrogens with one attached hydrogen (secondary N) is 1. The molecule has 1 N–H and O–H groups in total. The molecule has 36 heavy (non-hydrogen) atoms. The molecule has 3 aromatic rings. The Kier molecular flexibility index (Phi) is 8.52. The molecule has 0 unspecified atom stereocenters. The number of aryl methyl sites for hydroxylation is 2. The van der Waals surface area contributed by atoms with E-state index >= 15 is 0 Å². The second-order valence-corrected chi connectivity index (χ2v) is 9.63. The van der Waals surface area contributed by atoms with Crippen LogP contribution in [-0.4, -0.2) is 72.8 Å². The van der Waals surface area contributed by atoms with Crippen molar-refractivity contribution in [2.24, 2.45) is 0 Å². The summed E-state index contributed by atoms with van der Waals surface area (Å²) in [6, 6.07) is 27.2. The van der Waals surface area contributed by atoms with Gasteiger partial charge in [0.1, 0.15) is 0 Å². The molecule has 0 atom stereocenters. The van der Waals surface area contributed by atoms with E-state index < -0.39 is 0 Å². The lowest BCUT2D eigenvalue weighted by molar-refractivity contribution is -0.134. The summed E-state index contributed by atoms with van der Waals surface area (Å²) < 4.78 is 0. The van der Waals surface area contributed by atoms with Crippen molar-refractivity contribution in [3.63, 3.8) is 0 Å². The largest absolute Gasteiger partial charge is 0.339 e. The summed E-state index contributed by atoms with van der Waals surface area (Å²) in [6.07, 6.45) is 0. The van der Waals surface area contributed by atoms with Crippen molar-refractivity contribution in [1.82, 2.24) is 14.7 Å². The van der Waals surface area contributed by atoms with Gasteiger partial charge < -0.3 is 10.2 Å². The Bertz CT molecular complexity index is 1100. The predicted octanol–water partition coefficient (Wildman–Crippen LogP) is 4.11. The highest BCUT2D eigenvalue weighted by molar-refractivity contribution is 5.94. The molecule has 1 aliphatic heterocycles. The molecule has 3 aromatic carbocycles. The van der Waals surface area contributed by atoms with Crippen LogP contribution in [0.25, 0.3) is 0 Å². The van der Waals surface area contributed by atoms with Crippen molar-refractivity contribution in [3.8, 4) is 0 Å². The molecule has 1 saturated heterocycles. The normalized spacial score (nSPS) is 14.3. The van der Waals surface area contributed by atoms with E-state index in [1.54, 1.807) is 4.90 Å². The third kappa shape index (κ3) is 6.39. The maximum Gasteiger partial charge on any atom is 0.238 e. The van der Waals surface area contributed by atoms with Gasteiger partial charge in [-0.15, -0.1) is 0 Å². The first-order valence-electron chi connectivity index (χ1n) is 12.6. The number of carbonyl (C=O) groups is 2. The monoisotopic (exact) mass is 484 g/mol. The van der Waals surface area contributed by atoms with E-state index in [9.17, 15) is 9.59 Å². The van der Waals surface area contributed by atoms with Crippen LogP contribution in [-0.2, 0) is 9.59 Å². The van der Waals surface area contributed by atoms with Crippen molar-refractivity contribution < 1.29 is 9.59 Å². The SMILES string of the molecule is Cc1cccc(C)c1NC(=O)CN(C)CC(=O)N1CCN(C(c2ccccc2)c2ccccc2)CC1. The number of para-hydroxylation sites is 1. The molecule has 0 radical (unpaired) electrons. The molecule has 1 heterocycles. The Labute approximate surface area is 214 Å². The molecule has 0 bridgehead atoms. The maximum absolute atomic E-state index is 13.0. The molecule has 0 aliphatic carbocycles. The number of benzene rings is 3. The fraction of sp³-hybridized carbons (Fsp3) is 0.333. The number of hydrogen-bond acceptors (Lipinski definition) is 4. The number of anilines is 1. The molecule has 0 aromatic heterocycles. The lowest BCUT2D eigenvalue weighted by Crippen LogP contribution is -2.52. The Morgan fingerprint density at radius 3 is 1.83 bits per heavy atom. The predicted molar refractivity (Wildman–Crippen MR) is 145 cm³/mol. The average Bonchev–Trinajstić information content (AvgIpc) is 2.88. The smallest absolute Gasteiger partial charge is 0.238 e. The quantitative estimate of drug-likeness (QED) is 0.523. The van der Waals surface area contributed by atoms with Crippen LogP contribution in [0.4, 0.5) is 5.69 Å². The lowest BCUT2D eigenvalue weighted by atomic mass is 9.96. The second kappa shape index (κ2) is 12.0. The zero-order valence-corrected chi connectivity index (χ0v) is 21.5. The molecule has 4 rings (SSSR count). The van der Waals surface area contributed by atoms with Crippen molar-refractivity contribution >= 4 is 17.5 Å². The number of nitrogens with zero attached hydrogens (tertiary/aromatic N) is 3. The van der Waals surface area contributed by atoms with Crippen LogP contribution in [0, 0.1) is 13.8 Å². The minimum atomic E-state index is -0.110. The van der Waals surface area contributed by atoms with E-state index in [2.05, 4.69) is 58.7 Å². The zero-order valence-electron chi connectivity index (χ0n) is 21.5. The van der Waals surface area contributed by atoms with Gasteiger partial charge in [0, 0.05) is 31.9 Å². The van der Waals surface area contributed by atoms with E-state index in [1.807, 2.05) is 56.1 Å². The maximum atomic E-state index is 13.0. The molecule has 1 fully saturated rings. The zero-order chi connectivity index (χ0) is 25.5. The van der Waals surface area contributed by atoms with Gasteiger partial charge in [0.2, 0.25) is 11.8 Å². The summed E-state index contributed by atoms with van der Waals surface area (Å²) in [6.45, 7) is 7.32. The minimum absolute atomic E-state index is 0.0630. The summed E-state index contributed by atoms with van der Waals surface area (Å²) in [7, 11) is 1.82.